The van der Waals surface area contributed by atoms with Crippen molar-refractivity contribution in [2.24, 2.45) is 5.92 Å². The van der Waals surface area contributed by atoms with Crippen molar-refractivity contribution in [1.29, 1.82) is 0 Å². The third kappa shape index (κ3) is 12.4. The Bertz CT molecular complexity index is 1250. The van der Waals surface area contributed by atoms with Crippen LogP contribution in [0.1, 0.15) is 130 Å². The van der Waals surface area contributed by atoms with E-state index in [0.717, 1.165) is 52.9 Å². The fourth-order valence-electron chi connectivity index (χ4n) is 6.36. The van der Waals surface area contributed by atoms with Gasteiger partial charge in [0.25, 0.3) is 0 Å². The molecule has 2 heterocycles. The van der Waals surface area contributed by atoms with Gasteiger partial charge in [0.05, 0.1) is 6.61 Å². The summed E-state index contributed by atoms with van der Waals surface area (Å²) < 4.78 is 18.4. The second kappa shape index (κ2) is 20.4. The van der Waals surface area contributed by atoms with Gasteiger partial charge in [0.15, 0.2) is 17.3 Å². The molecule has 0 radical (unpaired) electrons. The van der Waals surface area contributed by atoms with E-state index in [1.807, 2.05) is 42.7 Å². The predicted molar refractivity (Wildman–Crippen MR) is 196 cm³/mol. The van der Waals surface area contributed by atoms with Gasteiger partial charge in [0, 0.05) is 23.5 Å². The average molecular weight is 645 g/mol. The first-order chi connectivity index (χ1) is 22.6. The summed E-state index contributed by atoms with van der Waals surface area (Å²) in [7, 11) is -0.525. The SMILES string of the molecule is CCCCCCCCOc1ccc(-c2cnc(-c3ccc4c(c3)OC([SiH2]C(C)CCCCCCC(C)CCCCC)O4)nc2)cc1. The van der Waals surface area contributed by atoms with Crippen LogP contribution in [-0.4, -0.2) is 32.0 Å². The zero-order chi connectivity index (χ0) is 32.4. The maximum absolute atomic E-state index is 6.28. The van der Waals surface area contributed by atoms with E-state index in [1.54, 1.807) is 0 Å². The van der Waals surface area contributed by atoms with Gasteiger partial charge in [-0.15, -0.1) is 0 Å². The Hall–Kier alpha value is -2.86. The largest absolute Gasteiger partial charge is 0.494 e. The zero-order valence-corrected chi connectivity index (χ0v) is 30.7. The number of aromatic nitrogens is 2. The highest BCUT2D eigenvalue weighted by Gasteiger charge is 2.26. The molecule has 4 rings (SSSR count). The molecule has 252 valence electrons. The van der Waals surface area contributed by atoms with Gasteiger partial charge in [-0.2, -0.15) is 0 Å². The van der Waals surface area contributed by atoms with Crippen molar-refractivity contribution in [1.82, 2.24) is 9.97 Å². The number of hydrogen-bond donors (Lipinski definition) is 0. The molecule has 5 nitrogen and oxygen atoms in total. The summed E-state index contributed by atoms with van der Waals surface area (Å²) in [5.74, 6) is 4.09. The van der Waals surface area contributed by atoms with Gasteiger partial charge in [-0.05, 0) is 53.8 Å². The van der Waals surface area contributed by atoms with Crippen molar-refractivity contribution in [2.75, 3.05) is 6.61 Å². The zero-order valence-electron chi connectivity index (χ0n) is 29.3. The van der Waals surface area contributed by atoms with Crippen molar-refractivity contribution >= 4 is 9.52 Å². The van der Waals surface area contributed by atoms with Crippen molar-refractivity contribution < 1.29 is 14.2 Å². The van der Waals surface area contributed by atoms with Gasteiger partial charge in [0.1, 0.15) is 15.3 Å². The number of rotatable bonds is 23. The first-order valence-electron chi connectivity index (χ1n) is 18.6. The van der Waals surface area contributed by atoms with Crippen LogP contribution >= 0.6 is 0 Å². The van der Waals surface area contributed by atoms with E-state index in [-0.39, 0.29) is 5.91 Å². The maximum atomic E-state index is 6.28. The molecule has 1 aliphatic rings. The summed E-state index contributed by atoms with van der Waals surface area (Å²) in [4.78, 5) is 9.37. The van der Waals surface area contributed by atoms with Crippen LogP contribution in [0.3, 0.4) is 0 Å². The molecule has 0 saturated heterocycles. The van der Waals surface area contributed by atoms with Crippen molar-refractivity contribution in [2.45, 2.75) is 142 Å². The van der Waals surface area contributed by atoms with Crippen LogP contribution < -0.4 is 14.2 Å². The van der Waals surface area contributed by atoms with E-state index in [9.17, 15) is 0 Å². The smallest absolute Gasteiger partial charge is 0.213 e. The number of unbranched alkanes of at least 4 members (excludes halogenated alkanes) is 10. The summed E-state index contributed by atoms with van der Waals surface area (Å²) in [6.07, 6.45) is 25.1. The Balaban J connectivity index is 1.15. The van der Waals surface area contributed by atoms with Crippen LogP contribution in [0.4, 0.5) is 0 Å². The number of benzene rings is 2. The van der Waals surface area contributed by atoms with Crippen LogP contribution in [-0.2, 0) is 0 Å². The van der Waals surface area contributed by atoms with Crippen LogP contribution in [0.5, 0.6) is 17.2 Å². The van der Waals surface area contributed by atoms with Gasteiger partial charge < -0.3 is 14.2 Å². The second-order valence-electron chi connectivity index (χ2n) is 13.7. The summed E-state index contributed by atoms with van der Waals surface area (Å²) in [6.45, 7) is 10.1. The van der Waals surface area contributed by atoms with E-state index < -0.39 is 9.52 Å². The lowest BCUT2D eigenvalue weighted by atomic mass is 9.96. The molecule has 0 aliphatic carbocycles. The van der Waals surface area contributed by atoms with Crippen molar-refractivity contribution in [3.63, 3.8) is 0 Å². The van der Waals surface area contributed by atoms with Crippen molar-refractivity contribution in [3.8, 4) is 39.8 Å². The summed E-state index contributed by atoms with van der Waals surface area (Å²) in [5.41, 5.74) is 3.73. The molecule has 46 heavy (non-hydrogen) atoms. The highest BCUT2D eigenvalue weighted by Crippen LogP contribution is 2.38. The third-order valence-electron chi connectivity index (χ3n) is 9.36. The lowest BCUT2D eigenvalue weighted by molar-refractivity contribution is 0.122. The molecule has 1 aromatic heterocycles. The fraction of sp³-hybridized carbons (Fsp3) is 0.600. The maximum Gasteiger partial charge on any atom is 0.213 e. The number of hydrogen-bond acceptors (Lipinski definition) is 5. The second-order valence-corrected chi connectivity index (χ2v) is 16.2. The first-order valence-corrected chi connectivity index (χ1v) is 20.2. The Labute approximate surface area is 282 Å². The standard InChI is InChI=1S/C40H60N2O3Si/c1-5-7-9-10-13-17-27-43-36-24-21-33(22-25-36)35-29-41-39(42-30-35)34-23-26-37-38(28-34)45-40(44-37)46-32(4)20-16-12-11-15-19-31(3)18-14-8-6-2/h21-26,28-32,40H,5-20,27,46H2,1-4H3. The molecule has 0 spiro atoms. The first kappa shape index (κ1) is 36.0. The molecule has 2 aromatic carbocycles. The summed E-state index contributed by atoms with van der Waals surface area (Å²) >= 11 is 0. The molecular weight excluding hydrogens is 585 g/mol. The number of fused-ring (bicyclic) bond motifs is 1. The van der Waals surface area contributed by atoms with E-state index in [0.29, 0.717) is 11.4 Å². The van der Waals surface area contributed by atoms with Gasteiger partial charge in [-0.25, -0.2) is 9.97 Å². The van der Waals surface area contributed by atoms with Gasteiger partial charge in [0.2, 0.25) is 5.91 Å². The number of nitrogens with zero attached hydrogens (tertiary/aromatic N) is 2. The van der Waals surface area contributed by atoms with E-state index in [2.05, 4.69) is 49.8 Å². The normalized spacial score (nSPS) is 15.4. The van der Waals surface area contributed by atoms with E-state index >= 15 is 0 Å². The molecular formula is C40H60N2O3Si. The van der Waals surface area contributed by atoms with Gasteiger partial charge in [-0.3, -0.25) is 0 Å². The average Bonchev–Trinajstić information content (AvgIpc) is 3.48. The Morgan fingerprint density at radius 2 is 1.24 bits per heavy atom. The van der Waals surface area contributed by atoms with Gasteiger partial charge >= 0.3 is 0 Å². The summed E-state index contributed by atoms with van der Waals surface area (Å²) in [6, 6.07) is 14.3. The minimum Gasteiger partial charge on any atom is -0.494 e. The van der Waals surface area contributed by atoms with Crippen molar-refractivity contribution in [3.05, 3.63) is 54.9 Å². The topological polar surface area (TPSA) is 53.5 Å². The monoisotopic (exact) mass is 644 g/mol. The number of ether oxygens (including phenoxy) is 3. The fourth-order valence-corrected chi connectivity index (χ4v) is 8.09. The van der Waals surface area contributed by atoms with E-state index in [4.69, 9.17) is 14.2 Å². The van der Waals surface area contributed by atoms with Crippen LogP contribution in [0, 0.1) is 5.92 Å². The molecule has 0 amide bonds. The summed E-state index contributed by atoms with van der Waals surface area (Å²) in [5, 5.41) is 0. The minimum absolute atomic E-state index is 0.0785. The van der Waals surface area contributed by atoms with Gasteiger partial charge in [-0.1, -0.05) is 136 Å². The lowest BCUT2D eigenvalue weighted by Crippen LogP contribution is -2.28. The van der Waals surface area contributed by atoms with Crippen LogP contribution in [0.2, 0.25) is 5.54 Å². The van der Waals surface area contributed by atoms with E-state index in [1.165, 1.54) is 96.3 Å². The predicted octanol–water partition coefficient (Wildman–Crippen LogP) is 11.1. The molecule has 0 bridgehead atoms. The quantitative estimate of drug-likeness (QED) is 0.0759. The highest BCUT2D eigenvalue weighted by atomic mass is 28.2. The Morgan fingerprint density at radius 1 is 0.652 bits per heavy atom. The molecule has 6 heteroatoms. The van der Waals surface area contributed by atoms with Crippen LogP contribution in [0.15, 0.2) is 54.9 Å². The third-order valence-corrected chi connectivity index (χ3v) is 11.3. The highest BCUT2D eigenvalue weighted by molar-refractivity contribution is 6.38. The molecule has 3 unspecified atom stereocenters. The molecule has 0 fully saturated rings. The molecule has 0 N–H and O–H groups in total. The van der Waals surface area contributed by atoms with Crippen LogP contribution in [0.25, 0.3) is 22.5 Å². The minimum atomic E-state index is -0.525. The molecule has 3 aromatic rings. The Morgan fingerprint density at radius 3 is 1.98 bits per heavy atom. The Kier molecular flexibility index (Phi) is 15.9. The molecule has 3 atom stereocenters. The molecule has 1 aliphatic heterocycles. The molecule has 0 saturated carbocycles. The lowest BCUT2D eigenvalue weighted by Gasteiger charge is -2.15.